The van der Waals surface area contributed by atoms with E-state index < -0.39 is 5.79 Å². The highest BCUT2D eigenvalue weighted by Crippen LogP contribution is 2.38. The second kappa shape index (κ2) is 8.49. The molecule has 0 unspecified atom stereocenters. The van der Waals surface area contributed by atoms with Gasteiger partial charge in [-0.15, -0.1) is 3.89 Å². The van der Waals surface area contributed by atoms with Crippen molar-refractivity contribution in [3.8, 4) is 11.3 Å². The van der Waals surface area contributed by atoms with Gasteiger partial charge in [0, 0.05) is 11.1 Å². The molecule has 1 aliphatic rings. The third-order valence-corrected chi connectivity index (χ3v) is 5.93. The summed E-state index contributed by atoms with van der Waals surface area (Å²) in [5, 5.41) is 0. The first kappa shape index (κ1) is 21.2. The lowest BCUT2D eigenvalue weighted by Gasteiger charge is -2.22. The topological polar surface area (TPSA) is 49.2 Å². The molecule has 3 heterocycles. The van der Waals surface area contributed by atoms with E-state index in [0.29, 0.717) is 29.0 Å². The maximum Gasteiger partial charge on any atom is 0.192 e. The van der Waals surface area contributed by atoms with Gasteiger partial charge in [0.2, 0.25) is 0 Å². The molecule has 0 N–H and O–H groups in total. The van der Waals surface area contributed by atoms with Crippen molar-refractivity contribution in [1.29, 1.82) is 0 Å². The summed E-state index contributed by atoms with van der Waals surface area (Å²) in [5.41, 5.74) is 5.36. The van der Waals surface area contributed by atoms with Gasteiger partial charge in [0.1, 0.15) is 10.1 Å². The Hall–Kier alpha value is -1.48. The van der Waals surface area contributed by atoms with Gasteiger partial charge in [-0.1, -0.05) is 38.1 Å². The number of benzene rings is 1. The lowest BCUT2D eigenvalue weighted by atomic mass is 10.0. The van der Waals surface area contributed by atoms with Crippen molar-refractivity contribution in [2.75, 3.05) is 13.2 Å². The number of hydrogen-bond acceptors (Lipinski definition) is 5. The fourth-order valence-corrected chi connectivity index (χ4v) is 4.03. The first-order valence-electron chi connectivity index (χ1n) is 9.17. The summed E-state index contributed by atoms with van der Waals surface area (Å²) in [4.78, 5) is 9.03. The third-order valence-electron chi connectivity index (χ3n) is 4.69. The summed E-state index contributed by atoms with van der Waals surface area (Å²) in [5.74, 6) is -0.722. The largest absolute Gasteiger partial charge is 0.344 e. The van der Waals surface area contributed by atoms with Crippen molar-refractivity contribution in [2.24, 2.45) is 0 Å². The van der Waals surface area contributed by atoms with E-state index in [2.05, 4.69) is 25.9 Å². The van der Waals surface area contributed by atoms with Crippen molar-refractivity contribution in [3.05, 3.63) is 45.7 Å². The van der Waals surface area contributed by atoms with Gasteiger partial charge >= 0.3 is 0 Å². The van der Waals surface area contributed by atoms with E-state index >= 15 is 0 Å². The predicted molar refractivity (Wildman–Crippen MR) is 115 cm³/mol. The fourth-order valence-electron chi connectivity index (χ4n) is 3.26. The standard InChI is InChI=1S/C18H17BrFN3O2S.C2H6/c1-10-14-17(21-11(2)16(19)22-14)23(26-20)15(10)12-4-6-13(7-5-12)18(3)24-8-9-25-18;1-2/h4-7H,8-9H2,1-3H3;1-2H3. The van der Waals surface area contributed by atoms with E-state index in [1.807, 2.05) is 58.9 Å². The zero-order chi connectivity index (χ0) is 20.5. The summed E-state index contributed by atoms with van der Waals surface area (Å²) < 4.78 is 27.3. The van der Waals surface area contributed by atoms with Gasteiger partial charge < -0.3 is 9.47 Å². The van der Waals surface area contributed by atoms with E-state index in [1.54, 1.807) is 0 Å². The van der Waals surface area contributed by atoms with E-state index in [1.165, 1.54) is 3.97 Å². The Bertz CT molecular complexity index is 986. The molecule has 28 heavy (non-hydrogen) atoms. The quantitative estimate of drug-likeness (QED) is 0.465. The highest BCUT2D eigenvalue weighted by Gasteiger charge is 2.33. The molecule has 0 amide bonds. The molecule has 8 heteroatoms. The van der Waals surface area contributed by atoms with Gasteiger partial charge in [0.25, 0.3) is 0 Å². The molecule has 0 bridgehead atoms. The molecule has 150 valence electrons. The summed E-state index contributed by atoms with van der Waals surface area (Å²) in [6.07, 6.45) is 0. The van der Waals surface area contributed by atoms with Gasteiger partial charge in [-0.05, 0) is 42.3 Å². The Morgan fingerprint density at radius 3 is 2.29 bits per heavy atom. The molecule has 3 aromatic rings. The van der Waals surface area contributed by atoms with Gasteiger partial charge in [-0.25, -0.2) is 13.9 Å². The summed E-state index contributed by atoms with van der Waals surface area (Å²) >= 11 is 3.54. The number of aromatic nitrogens is 3. The van der Waals surface area contributed by atoms with Crippen LogP contribution in [0.5, 0.6) is 0 Å². The highest BCUT2D eigenvalue weighted by atomic mass is 79.9. The molecule has 0 radical (unpaired) electrons. The first-order valence-corrected chi connectivity index (χ1v) is 10.6. The third kappa shape index (κ3) is 3.58. The van der Waals surface area contributed by atoms with Crippen LogP contribution in [0.4, 0.5) is 3.89 Å². The lowest BCUT2D eigenvalue weighted by Crippen LogP contribution is -2.22. The minimum absolute atomic E-state index is 0.133. The van der Waals surface area contributed by atoms with E-state index in [9.17, 15) is 3.89 Å². The van der Waals surface area contributed by atoms with Crippen LogP contribution in [0.15, 0.2) is 28.9 Å². The molecule has 0 atom stereocenters. The molecule has 2 aromatic heterocycles. The summed E-state index contributed by atoms with van der Waals surface area (Å²) in [6.45, 7) is 10.8. The molecule has 1 fully saturated rings. The number of aryl methyl sites for hydroxylation is 2. The molecule has 1 saturated heterocycles. The Labute approximate surface area is 177 Å². The van der Waals surface area contributed by atoms with Crippen molar-refractivity contribution in [1.82, 2.24) is 13.9 Å². The molecular formula is C20H23BrFN3O2S. The van der Waals surface area contributed by atoms with Gasteiger partial charge in [-0.2, -0.15) is 0 Å². The molecule has 1 aliphatic heterocycles. The number of hydrogen-bond donors (Lipinski definition) is 0. The van der Waals surface area contributed by atoms with Gasteiger partial charge in [-0.3, -0.25) is 0 Å². The number of fused-ring (bicyclic) bond motifs is 1. The normalized spacial score (nSPS) is 15.5. The van der Waals surface area contributed by atoms with E-state index in [0.717, 1.165) is 28.1 Å². The smallest absolute Gasteiger partial charge is 0.192 e. The second-order valence-electron chi connectivity index (χ2n) is 6.33. The molecule has 0 saturated carbocycles. The van der Waals surface area contributed by atoms with Gasteiger partial charge in [0.05, 0.1) is 24.6 Å². The first-order chi connectivity index (χ1) is 13.4. The number of rotatable bonds is 3. The maximum absolute atomic E-state index is 13.8. The average Bonchev–Trinajstić information content (AvgIpc) is 3.27. The Balaban J connectivity index is 0.00000109. The monoisotopic (exact) mass is 467 g/mol. The Kier molecular flexibility index (Phi) is 6.44. The average molecular weight is 468 g/mol. The van der Waals surface area contributed by atoms with Crippen LogP contribution in [-0.2, 0) is 15.3 Å². The van der Waals surface area contributed by atoms with Gasteiger partial charge in [0.15, 0.2) is 23.8 Å². The van der Waals surface area contributed by atoms with Crippen LogP contribution in [0.3, 0.4) is 0 Å². The molecule has 1 aromatic carbocycles. The minimum atomic E-state index is -0.722. The highest BCUT2D eigenvalue weighted by molar-refractivity contribution is 9.10. The SMILES string of the molecule is CC.Cc1nc2c(nc1Br)c(C)c(-c1ccc(C3(C)OCCO3)cc1)n2SF. The van der Waals surface area contributed by atoms with Crippen LogP contribution < -0.4 is 0 Å². The fraction of sp³-hybridized carbons (Fsp3) is 0.400. The molecule has 5 nitrogen and oxygen atoms in total. The van der Waals surface area contributed by atoms with E-state index in [4.69, 9.17) is 9.47 Å². The molecule has 0 spiro atoms. The zero-order valence-corrected chi connectivity index (χ0v) is 18.9. The van der Waals surface area contributed by atoms with Crippen LogP contribution in [0.2, 0.25) is 0 Å². The molecule has 0 aliphatic carbocycles. The minimum Gasteiger partial charge on any atom is -0.344 e. The maximum atomic E-state index is 13.8. The number of halogens is 2. The van der Waals surface area contributed by atoms with Crippen molar-refractivity contribution in [3.63, 3.8) is 0 Å². The van der Waals surface area contributed by atoms with Crippen molar-refractivity contribution in [2.45, 2.75) is 40.4 Å². The van der Waals surface area contributed by atoms with Crippen LogP contribution in [0.25, 0.3) is 22.4 Å². The lowest BCUT2D eigenvalue weighted by molar-refractivity contribution is -0.149. The van der Waals surface area contributed by atoms with Crippen LogP contribution in [-0.4, -0.2) is 27.2 Å². The Morgan fingerprint density at radius 2 is 1.71 bits per heavy atom. The van der Waals surface area contributed by atoms with Crippen molar-refractivity contribution < 1.29 is 13.4 Å². The Morgan fingerprint density at radius 1 is 1.11 bits per heavy atom. The molecular weight excluding hydrogens is 445 g/mol. The molecule has 4 rings (SSSR count). The van der Waals surface area contributed by atoms with Crippen LogP contribution in [0, 0.1) is 13.8 Å². The van der Waals surface area contributed by atoms with Crippen LogP contribution in [0.1, 0.15) is 37.6 Å². The van der Waals surface area contributed by atoms with E-state index in [-0.39, 0.29) is 12.3 Å². The predicted octanol–water partition coefficient (Wildman–Crippen LogP) is 6.10. The van der Waals surface area contributed by atoms with Crippen LogP contribution >= 0.6 is 28.3 Å². The summed E-state index contributed by atoms with van der Waals surface area (Å²) in [7, 11) is 0. The number of nitrogens with zero attached hydrogens (tertiary/aromatic N) is 3. The second-order valence-corrected chi connectivity index (χ2v) is 7.58. The zero-order valence-electron chi connectivity index (χ0n) is 16.5. The summed E-state index contributed by atoms with van der Waals surface area (Å²) in [6, 6.07) is 7.79. The van der Waals surface area contributed by atoms with Crippen molar-refractivity contribution >= 4 is 39.4 Å². The number of ether oxygens (including phenoxy) is 2.